The number of aromatic nitrogens is 1. The average molecular weight is 362 g/mol. The zero-order chi connectivity index (χ0) is 18.1. The third-order valence-corrected chi connectivity index (χ3v) is 4.40. The van der Waals surface area contributed by atoms with Crippen molar-refractivity contribution in [1.29, 1.82) is 0 Å². The van der Waals surface area contributed by atoms with Crippen molar-refractivity contribution in [3.8, 4) is 0 Å². The molecule has 25 heavy (non-hydrogen) atoms. The van der Waals surface area contributed by atoms with Crippen LogP contribution in [0.4, 0.5) is 5.82 Å². The van der Waals surface area contributed by atoms with Gasteiger partial charge < -0.3 is 21.5 Å². The summed E-state index contributed by atoms with van der Waals surface area (Å²) in [7, 11) is 0. The number of likely N-dealkylation sites (tertiary alicyclic amines) is 1. The summed E-state index contributed by atoms with van der Waals surface area (Å²) in [6.45, 7) is 0.405. The van der Waals surface area contributed by atoms with E-state index in [1.54, 1.807) is 18.2 Å². The molecule has 1 aliphatic heterocycles. The molecule has 0 spiro atoms. The number of pyridine rings is 1. The van der Waals surface area contributed by atoms with Gasteiger partial charge in [0.2, 0.25) is 0 Å². The SMILES string of the molecule is NC(N)=Nc1ncc(Cl)c2ccc(C(=O)N3CCCC3C(=O)O)cc12. The largest absolute Gasteiger partial charge is 0.480 e. The first-order chi connectivity index (χ1) is 11.9. The fourth-order valence-electron chi connectivity index (χ4n) is 2.97. The highest BCUT2D eigenvalue weighted by Gasteiger charge is 2.34. The maximum Gasteiger partial charge on any atom is 0.326 e. The van der Waals surface area contributed by atoms with Gasteiger partial charge in [-0.25, -0.2) is 9.78 Å². The molecule has 1 atom stereocenters. The molecule has 9 heteroatoms. The first-order valence-electron chi connectivity index (χ1n) is 7.60. The van der Waals surface area contributed by atoms with Crippen molar-refractivity contribution in [2.45, 2.75) is 18.9 Å². The van der Waals surface area contributed by atoms with Crippen LogP contribution in [0.2, 0.25) is 5.02 Å². The molecule has 1 amide bonds. The predicted molar refractivity (Wildman–Crippen MR) is 93.9 cm³/mol. The minimum atomic E-state index is -1.00. The van der Waals surface area contributed by atoms with Crippen LogP contribution in [0.1, 0.15) is 23.2 Å². The molecule has 2 aromatic rings. The van der Waals surface area contributed by atoms with Crippen LogP contribution in [0.25, 0.3) is 10.8 Å². The van der Waals surface area contributed by atoms with Gasteiger partial charge in [0, 0.05) is 29.1 Å². The fourth-order valence-corrected chi connectivity index (χ4v) is 3.18. The van der Waals surface area contributed by atoms with Crippen molar-refractivity contribution in [3.63, 3.8) is 0 Å². The lowest BCUT2D eigenvalue weighted by Gasteiger charge is -2.21. The van der Waals surface area contributed by atoms with Gasteiger partial charge in [-0.05, 0) is 25.0 Å². The number of hydrogen-bond donors (Lipinski definition) is 3. The highest BCUT2D eigenvalue weighted by atomic mass is 35.5. The maximum absolute atomic E-state index is 12.7. The van der Waals surface area contributed by atoms with Crippen LogP contribution in [0.3, 0.4) is 0 Å². The molecule has 0 bridgehead atoms. The molecule has 5 N–H and O–H groups in total. The van der Waals surface area contributed by atoms with Crippen LogP contribution in [0.15, 0.2) is 29.4 Å². The van der Waals surface area contributed by atoms with E-state index in [0.717, 1.165) is 0 Å². The highest BCUT2D eigenvalue weighted by molar-refractivity contribution is 6.35. The zero-order valence-electron chi connectivity index (χ0n) is 13.1. The van der Waals surface area contributed by atoms with E-state index in [1.165, 1.54) is 11.1 Å². The molecule has 0 radical (unpaired) electrons. The summed E-state index contributed by atoms with van der Waals surface area (Å²) >= 11 is 6.14. The second-order valence-corrected chi connectivity index (χ2v) is 6.13. The number of fused-ring (bicyclic) bond motifs is 1. The van der Waals surface area contributed by atoms with Gasteiger partial charge in [-0.3, -0.25) is 4.79 Å². The molecule has 2 heterocycles. The minimum Gasteiger partial charge on any atom is -0.480 e. The summed E-state index contributed by atoms with van der Waals surface area (Å²) in [6.07, 6.45) is 2.53. The normalized spacial score (nSPS) is 16.8. The van der Waals surface area contributed by atoms with Crippen LogP contribution in [0, 0.1) is 0 Å². The van der Waals surface area contributed by atoms with Gasteiger partial charge in [0.15, 0.2) is 11.8 Å². The van der Waals surface area contributed by atoms with E-state index < -0.39 is 12.0 Å². The van der Waals surface area contributed by atoms with Gasteiger partial charge in [-0.1, -0.05) is 17.7 Å². The number of rotatable bonds is 3. The first kappa shape index (κ1) is 17.0. The van der Waals surface area contributed by atoms with Gasteiger partial charge in [0.05, 0.1) is 5.02 Å². The standard InChI is InChI=1S/C16H16ClN5O3/c17-11-7-20-13(21-16(18)19)10-6-8(3-4-9(10)11)14(23)22-5-1-2-12(22)15(24)25/h3-4,6-7,12H,1-2,5H2,(H,24,25)(H4,18,19,20,21). The first-order valence-corrected chi connectivity index (χ1v) is 7.98. The lowest BCUT2D eigenvalue weighted by Crippen LogP contribution is -2.40. The third-order valence-electron chi connectivity index (χ3n) is 4.10. The Morgan fingerprint density at radius 1 is 1.32 bits per heavy atom. The summed E-state index contributed by atoms with van der Waals surface area (Å²) < 4.78 is 0. The van der Waals surface area contributed by atoms with Crippen molar-refractivity contribution >= 4 is 46.0 Å². The molecule has 1 fully saturated rings. The molecule has 1 unspecified atom stereocenters. The van der Waals surface area contributed by atoms with Crippen molar-refractivity contribution in [2.75, 3.05) is 6.54 Å². The molecule has 1 aliphatic rings. The number of halogens is 1. The smallest absolute Gasteiger partial charge is 0.326 e. The maximum atomic E-state index is 12.7. The van der Waals surface area contributed by atoms with Crippen LogP contribution in [-0.2, 0) is 4.79 Å². The Balaban J connectivity index is 2.07. The fraction of sp³-hybridized carbons (Fsp3) is 0.250. The second kappa shape index (κ2) is 6.56. The molecular weight excluding hydrogens is 346 g/mol. The monoisotopic (exact) mass is 361 g/mol. The number of nitrogens with two attached hydrogens (primary N) is 2. The van der Waals surface area contributed by atoms with Crippen LogP contribution in [0.5, 0.6) is 0 Å². The minimum absolute atomic E-state index is 0.168. The predicted octanol–water partition coefficient (Wildman–Crippen LogP) is 1.48. The van der Waals surface area contributed by atoms with Crippen molar-refractivity contribution in [2.24, 2.45) is 16.5 Å². The number of hydrogen-bond acceptors (Lipinski definition) is 4. The topological polar surface area (TPSA) is 135 Å². The van der Waals surface area contributed by atoms with E-state index in [0.29, 0.717) is 40.7 Å². The van der Waals surface area contributed by atoms with E-state index >= 15 is 0 Å². The number of carboxylic acids is 1. The number of carboxylic acid groups (broad SMARTS) is 1. The molecule has 0 saturated carbocycles. The van der Waals surface area contributed by atoms with E-state index in [-0.39, 0.29) is 17.7 Å². The Bertz CT molecular complexity index is 895. The quantitative estimate of drug-likeness (QED) is 0.559. The molecule has 1 saturated heterocycles. The van der Waals surface area contributed by atoms with Gasteiger partial charge >= 0.3 is 5.97 Å². The van der Waals surface area contributed by atoms with Crippen LogP contribution >= 0.6 is 11.6 Å². The number of aliphatic carboxylic acids is 1. The summed E-state index contributed by atoms with van der Waals surface area (Å²) in [4.78, 5) is 33.5. The molecular formula is C16H16ClN5O3. The lowest BCUT2D eigenvalue weighted by molar-refractivity contribution is -0.141. The number of carbonyl (C=O) groups excluding carboxylic acids is 1. The van der Waals surface area contributed by atoms with E-state index in [1.807, 2.05) is 0 Å². The van der Waals surface area contributed by atoms with E-state index in [4.69, 9.17) is 23.1 Å². The number of amides is 1. The molecule has 0 aliphatic carbocycles. The summed E-state index contributed by atoms with van der Waals surface area (Å²) in [5.41, 5.74) is 11.2. The Hall–Kier alpha value is -2.87. The summed E-state index contributed by atoms with van der Waals surface area (Å²) in [5, 5.41) is 10.8. The van der Waals surface area contributed by atoms with E-state index in [2.05, 4.69) is 9.98 Å². The highest BCUT2D eigenvalue weighted by Crippen LogP contribution is 2.31. The van der Waals surface area contributed by atoms with Gasteiger partial charge in [0.1, 0.15) is 6.04 Å². The Morgan fingerprint density at radius 2 is 2.08 bits per heavy atom. The van der Waals surface area contributed by atoms with E-state index in [9.17, 15) is 14.7 Å². The van der Waals surface area contributed by atoms with Crippen LogP contribution in [-0.4, -0.2) is 45.4 Å². The Morgan fingerprint density at radius 3 is 2.76 bits per heavy atom. The van der Waals surface area contributed by atoms with Gasteiger partial charge in [0.25, 0.3) is 5.91 Å². The van der Waals surface area contributed by atoms with Crippen molar-refractivity contribution < 1.29 is 14.7 Å². The lowest BCUT2D eigenvalue weighted by atomic mass is 10.1. The molecule has 3 rings (SSSR count). The number of nitrogens with zero attached hydrogens (tertiary/aromatic N) is 3. The summed E-state index contributed by atoms with van der Waals surface area (Å²) in [6, 6.07) is 4.05. The zero-order valence-corrected chi connectivity index (χ0v) is 13.9. The molecule has 1 aromatic heterocycles. The number of carbonyl (C=O) groups is 2. The Labute approximate surface area is 148 Å². The third kappa shape index (κ3) is 3.20. The Kier molecular flexibility index (Phi) is 4.45. The van der Waals surface area contributed by atoms with Crippen LogP contribution < -0.4 is 11.5 Å². The second-order valence-electron chi connectivity index (χ2n) is 5.72. The number of aliphatic imine (C=N–C) groups is 1. The molecule has 8 nitrogen and oxygen atoms in total. The summed E-state index contributed by atoms with van der Waals surface area (Å²) in [5.74, 6) is -1.29. The average Bonchev–Trinajstić information content (AvgIpc) is 3.06. The molecule has 1 aromatic carbocycles. The van der Waals surface area contributed by atoms with Gasteiger partial charge in [-0.15, -0.1) is 0 Å². The van der Waals surface area contributed by atoms with Crippen molar-refractivity contribution in [1.82, 2.24) is 9.88 Å². The van der Waals surface area contributed by atoms with Gasteiger partial charge in [-0.2, -0.15) is 4.99 Å². The molecule has 130 valence electrons. The number of benzene rings is 1. The van der Waals surface area contributed by atoms with Crippen molar-refractivity contribution in [3.05, 3.63) is 35.0 Å². The number of guanidine groups is 1.